The van der Waals surface area contributed by atoms with Crippen molar-refractivity contribution < 1.29 is 14.3 Å². The van der Waals surface area contributed by atoms with Crippen molar-refractivity contribution in [3.63, 3.8) is 0 Å². The molecule has 0 rings (SSSR count). The van der Waals surface area contributed by atoms with Gasteiger partial charge < -0.3 is 15.4 Å². The summed E-state index contributed by atoms with van der Waals surface area (Å²) in [6, 6.07) is -0.609. The zero-order chi connectivity index (χ0) is 11.1. The molecule has 0 aliphatic heterocycles. The van der Waals surface area contributed by atoms with Crippen LogP contribution < -0.4 is 10.6 Å². The normalized spacial score (nSPS) is 11.4. The fraction of sp³-hybridized carbons (Fsp3) is 0.556. The number of carbonyl (C=O) groups is 2. The van der Waals surface area contributed by atoms with E-state index in [2.05, 4.69) is 21.9 Å². The summed E-state index contributed by atoms with van der Waals surface area (Å²) < 4.78 is 4.62. The molecule has 80 valence electrons. The van der Waals surface area contributed by atoms with E-state index in [1.165, 1.54) is 0 Å². The first-order chi connectivity index (χ1) is 6.47. The zero-order valence-electron chi connectivity index (χ0n) is 8.72. The molecule has 0 unspecified atom stereocenters. The summed E-state index contributed by atoms with van der Waals surface area (Å²) in [5, 5.41) is 4.93. The maximum Gasteiger partial charge on any atom is 0.412 e. The van der Waals surface area contributed by atoms with Crippen LogP contribution >= 0.6 is 0 Å². The molecule has 0 spiro atoms. The van der Waals surface area contributed by atoms with E-state index >= 15 is 0 Å². The second-order valence-corrected chi connectivity index (χ2v) is 2.85. The molecule has 5 nitrogen and oxygen atoms in total. The molecule has 0 aromatic rings. The highest BCUT2D eigenvalue weighted by Crippen LogP contribution is 1.92. The van der Waals surface area contributed by atoms with Crippen LogP contribution in [-0.4, -0.2) is 24.6 Å². The number of carbonyl (C=O) groups excluding carboxylic acids is 2. The summed E-state index contributed by atoms with van der Waals surface area (Å²) in [5.41, 5.74) is 0. The Hall–Kier alpha value is -1.52. The Morgan fingerprint density at radius 2 is 2.07 bits per heavy atom. The van der Waals surface area contributed by atoms with E-state index in [1.807, 2.05) is 0 Å². The van der Waals surface area contributed by atoms with Crippen LogP contribution in [0.5, 0.6) is 0 Å². The molecule has 0 fully saturated rings. The number of allylic oxidation sites excluding steroid dienone is 1. The lowest BCUT2D eigenvalue weighted by molar-refractivity contribution is -0.122. The first-order valence-electron chi connectivity index (χ1n) is 4.39. The van der Waals surface area contributed by atoms with Crippen molar-refractivity contribution in [3.05, 3.63) is 12.3 Å². The van der Waals surface area contributed by atoms with Crippen LogP contribution in [0.2, 0.25) is 0 Å². The fourth-order valence-corrected chi connectivity index (χ4v) is 0.757. The number of rotatable bonds is 4. The molecule has 0 aliphatic carbocycles. The van der Waals surface area contributed by atoms with Gasteiger partial charge in [0.1, 0.15) is 6.04 Å². The Morgan fingerprint density at radius 3 is 2.50 bits per heavy atom. The third-order valence-corrected chi connectivity index (χ3v) is 1.35. The first kappa shape index (κ1) is 12.5. The molecule has 2 amide bonds. The van der Waals surface area contributed by atoms with Crippen molar-refractivity contribution in [1.82, 2.24) is 10.6 Å². The molecule has 14 heavy (non-hydrogen) atoms. The highest BCUT2D eigenvalue weighted by Gasteiger charge is 2.15. The van der Waals surface area contributed by atoms with Crippen LogP contribution in [0.15, 0.2) is 12.3 Å². The number of hydrogen-bond donors (Lipinski definition) is 2. The molecule has 1 atom stereocenters. The summed E-state index contributed by atoms with van der Waals surface area (Å²) in [7, 11) is 0. The van der Waals surface area contributed by atoms with E-state index < -0.39 is 12.1 Å². The quantitative estimate of drug-likeness (QED) is 0.659. The van der Waals surface area contributed by atoms with Gasteiger partial charge in [-0.2, -0.15) is 0 Å². The average molecular weight is 200 g/mol. The summed E-state index contributed by atoms with van der Waals surface area (Å²) >= 11 is 0. The maximum absolute atomic E-state index is 11.2. The van der Waals surface area contributed by atoms with Gasteiger partial charge in [0.25, 0.3) is 0 Å². The maximum atomic E-state index is 11.2. The van der Waals surface area contributed by atoms with Crippen molar-refractivity contribution in [2.24, 2.45) is 0 Å². The number of likely N-dealkylation sites (N-methyl/N-ethyl adjacent to an activating group) is 1. The Balaban J connectivity index is 3.92. The third kappa shape index (κ3) is 5.18. The predicted octanol–water partition coefficient (Wildman–Crippen LogP) is 0.771. The van der Waals surface area contributed by atoms with Crippen LogP contribution in [0.1, 0.15) is 20.8 Å². The summed E-state index contributed by atoms with van der Waals surface area (Å²) in [6.07, 6.45) is -0.670. The Kier molecular flexibility index (Phi) is 5.36. The zero-order valence-corrected chi connectivity index (χ0v) is 8.72. The minimum Gasteiger partial charge on any atom is -0.416 e. The minimum atomic E-state index is -0.670. The Labute approximate surface area is 83.5 Å². The fourth-order valence-electron chi connectivity index (χ4n) is 0.757. The second-order valence-electron chi connectivity index (χ2n) is 2.85. The van der Waals surface area contributed by atoms with E-state index in [0.717, 1.165) is 0 Å². The van der Waals surface area contributed by atoms with Gasteiger partial charge in [0, 0.05) is 6.54 Å². The van der Waals surface area contributed by atoms with Crippen LogP contribution in [0, 0.1) is 0 Å². The SMILES string of the molecule is C=C(C)OC(=O)N[C@H](C)C(=O)NCC. The van der Waals surface area contributed by atoms with Crippen molar-refractivity contribution in [2.45, 2.75) is 26.8 Å². The first-order valence-corrected chi connectivity index (χ1v) is 4.39. The van der Waals surface area contributed by atoms with Gasteiger partial charge in [-0.3, -0.25) is 4.79 Å². The predicted molar refractivity (Wildman–Crippen MR) is 52.6 cm³/mol. The minimum absolute atomic E-state index is 0.244. The van der Waals surface area contributed by atoms with E-state index in [-0.39, 0.29) is 11.7 Å². The third-order valence-electron chi connectivity index (χ3n) is 1.35. The molecular formula is C9H16N2O3. The van der Waals surface area contributed by atoms with Gasteiger partial charge in [0.15, 0.2) is 0 Å². The lowest BCUT2D eigenvalue weighted by atomic mass is 10.3. The monoisotopic (exact) mass is 200 g/mol. The molecule has 0 aromatic carbocycles. The molecule has 0 radical (unpaired) electrons. The van der Waals surface area contributed by atoms with E-state index in [9.17, 15) is 9.59 Å². The van der Waals surface area contributed by atoms with Crippen molar-refractivity contribution in [1.29, 1.82) is 0 Å². The Morgan fingerprint density at radius 1 is 1.50 bits per heavy atom. The lowest BCUT2D eigenvalue weighted by Crippen LogP contribution is -2.44. The topological polar surface area (TPSA) is 67.4 Å². The van der Waals surface area contributed by atoms with E-state index in [1.54, 1.807) is 20.8 Å². The number of alkyl carbamates (subject to hydrolysis) is 1. The van der Waals surface area contributed by atoms with Gasteiger partial charge in [0.2, 0.25) is 5.91 Å². The lowest BCUT2D eigenvalue weighted by Gasteiger charge is -2.12. The van der Waals surface area contributed by atoms with Crippen LogP contribution in [0.3, 0.4) is 0 Å². The average Bonchev–Trinajstić information content (AvgIpc) is 2.02. The standard InChI is InChI=1S/C9H16N2O3/c1-5-10-8(12)7(4)11-9(13)14-6(2)3/h7H,2,5H2,1,3-4H3,(H,10,12)(H,11,13)/t7-/m1/s1. The van der Waals surface area contributed by atoms with Crippen LogP contribution in [0.25, 0.3) is 0 Å². The van der Waals surface area contributed by atoms with E-state index in [4.69, 9.17) is 0 Å². The highest BCUT2D eigenvalue weighted by atomic mass is 16.6. The van der Waals surface area contributed by atoms with Gasteiger partial charge >= 0.3 is 6.09 Å². The van der Waals surface area contributed by atoms with Gasteiger partial charge in [-0.15, -0.1) is 0 Å². The van der Waals surface area contributed by atoms with Gasteiger partial charge in [-0.05, 0) is 20.8 Å². The number of nitrogens with one attached hydrogen (secondary N) is 2. The number of hydrogen-bond acceptors (Lipinski definition) is 3. The molecular weight excluding hydrogens is 184 g/mol. The summed E-state index contributed by atoms with van der Waals surface area (Å²) in [4.78, 5) is 22.2. The molecule has 0 saturated carbocycles. The number of ether oxygens (including phenoxy) is 1. The van der Waals surface area contributed by atoms with Crippen molar-refractivity contribution >= 4 is 12.0 Å². The molecule has 0 saturated heterocycles. The van der Waals surface area contributed by atoms with Crippen molar-refractivity contribution in [2.75, 3.05) is 6.54 Å². The smallest absolute Gasteiger partial charge is 0.412 e. The van der Waals surface area contributed by atoms with Crippen LogP contribution in [0.4, 0.5) is 4.79 Å². The molecule has 0 aliphatic rings. The molecule has 2 N–H and O–H groups in total. The number of amides is 2. The van der Waals surface area contributed by atoms with Crippen LogP contribution in [-0.2, 0) is 9.53 Å². The van der Waals surface area contributed by atoms with Gasteiger partial charge in [-0.25, -0.2) is 4.79 Å². The molecule has 0 bridgehead atoms. The highest BCUT2D eigenvalue weighted by molar-refractivity contribution is 5.85. The molecule has 5 heteroatoms. The van der Waals surface area contributed by atoms with E-state index in [0.29, 0.717) is 6.54 Å². The second kappa shape index (κ2) is 6.01. The summed E-state index contributed by atoms with van der Waals surface area (Å²) in [5.74, 6) is 0.0387. The van der Waals surface area contributed by atoms with Crippen molar-refractivity contribution in [3.8, 4) is 0 Å². The van der Waals surface area contributed by atoms with Gasteiger partial charge in [0.05, 0.1) is 5.76 Å². The van der Waals surface area contributed by atoms with Gasteiger partial charge in [-0.1, -0.05) is 6.58 Å². The summed E-state index contributed by atoms with van der Waals surface area (Å²) in [6.45, 7) is 8.86. The molecule has 0 aromatic heterocycles. The Bertz CT molecular complexity index is 238. The molecule has 0 heterocycles. The largest absolute Gasteiger partial charge is 0.416 e.